The Hall–Kier alpha value is -0.620. The SMILES string of the molecule is NS(=O)(=O)CCCNC(=O)CC12CC3CC(CC(C3)C1)C2. The predicted molar refractivity (Wildman–Crippen MR) is 80.8 cm³/mol. The van der Waals surface area contributed by atoms with Gasteiger partial charge in [0, 0.05) is 13.0 Å². The maximum Gasteiger partial charge on any atom is 0.220 e. The molecule has 4 saturated carbocycles. The normalized spacial score (nSPS) is 37.7. The van der Waals surface area contributed by atoms with Gasteiger partial charge >= 0.3 is 0 Å². The molecule has 4 aliphatic rings. The van der Waals surface area contributed by atoms with Crippen LogP contribution >= 0.6 is 0 Å². The summed E-state index contributed by atoms with van der Waals surface area (Å²) in [5.74, 6) is 2.58. The Kier molecular flexibility index (Phi) is 4.03. The number of hydrogen-bond donors (Lipinski definition) is 2. The first kappa shape index (κ1) is 15.3. The molecule has 0 aromatic carbocycles. The number of rotatable bonds is 6. The third-order valence-corrected chi connectivity index (χ3v) is 6.49. The fourth-order valence-electron chi connectivity index (χ4n) is 5.41. The monoisotopic (exact) mass is 314 g/mol. The van der Waals surface area contributed by atoms with Gasteiger partial charge in [-0.05, 0) is 68.1 Å². The second kappa shape index (κ2) is 5.54. The molecule has 0 atom stereocenters. The number of sulfonamides is 1. The van der Waals surface area contributed by atoms with Crippen molar-refractivity contribution >= 4 is 15.9 Å². The first-order chi connectivity index (χ1) is 9.84. The Morgan fingerprint density at radius 1 is 1.10 bits per heavy atom. The number of amides is 1. The molecule has 3 N–H and O–H groups in total. The zero-order valence-corrected chi connectivity index (χ0v) is 13.3. The maximum atomic E-state index is 12.2. The minimum atomic E-state index is -3.42. The zero-order chi connectivity index (χ0) is 15.1. The third kappa shape index (κ3) is 3.77. The Balaban J connectivity index is 1.47. The molecule has 5 nitrogen and oxygen atoms in total. The van der Waals surface area contributed by atoms with Crippen LogP contribution in [0.1, 0.15) is 51.4 Å². The van der Waals surface area contributed by atoms with E-state index in [1.54, 1.807) is 0 Å². The van der Waals surface area contributed by atoms with E-state index in [0.29, 0.717) is 19.4 Å². The van der Waals surface area contributed by atoms with Crippen molar-refractivity contribution in [3.63, 3.8) is 0 Å². The second-order valence-corrected chi connectivity index (χ2v) is 9.40. The largest absolute Gasteiger partial charge is 0.356 e. The van der Waals surface area contributed by atoms with Crippen molar-refractivity contribution in [2.24, 2.45) is 28.3 Å². The number of carbonyl (C=O) groups is 1. The van der Waals surface area contributed by atoms with Crippen molar-refractivity contribution in [1.82, 2.24) is 5.32 Å². The predicted octanol–water partition coefficient (Wildman–Crippen LogP) is 1.39. The molecule has 4 rings (SSSR count). The molecular weight excluding hydrogens is 288 g/mol. The highest BCUT2D eigenvalue weighted by Gasteiger charge is 2.51. The van der Waals surface area contributed by atoms with Gasteiger partial charge in [0.05, 0.1) is 5.75 Å². The van der Waals surface area contributed by atoms with Gasteiger partial charge in [-0.1, -0.05) is 0 Å². The molecular formula is C15H26N2O3S. The molecule has 21 heavy (non-hydrogen) atoms. The van der Waals surface area contributed by atoms with Gasteiger partial charge in [-0.2, -0.15) is 0 Å². The van der Waals surface area contributed by atoms with Gasteiger partial charge in [0.15, 0.2) is 0 Å². The van der Waals surface area contributed by atoms with E-state index in [1.165, 1.54) is 38.5 Å². The maximum absolute atomic E-state index is 12.2. The minimum Gasteiger partial charge on any atom is -0.356 e. The summed E-state index contributed by atoms with van der Waals surface area (Å²) in [6.45, 7) is 0.404. The van der Waals surface area contributed by atoms with Gasteiger partial charge in [0.25, 0.3) is 0 Å². The van der Waals surface area contributed by atoms with Gasteiger partial charge in [0.1, 0.15) is 0 Å². The van der Waals surface area contributed by atoms with E-state index in [1.807, 2.05) is 0 Å². The van der Waals surface area contributed by atoms with Gasteiger partial charge in [-0.25, -0.2) is 13.6 Å². The number of nitrogens with two attached hydrogens (primary N) is 1. The fraction of sp³-hybridized carbons (Fsp3) is 0.933. The van der Waals surface area contributed by atoms with Crippen LogP contribution in [0.15, 0.2) is 0 Å². The Morgan fingerprint density at radius 2 is 1.62 bits per heavy atom. The first-order valence-corrected chi connectivity index (χ1v) is 9.82. The van der Waals surface area contributed by atoms with Crippen LogP contribution < -0.4 is 10.5 Å². The number of hydrogen-bond acceptors (Lipinski definition) is 3. The van der Waals surface area contributed by atoms with Crippen LogP contribution in [0.2, 0.25) is 0 Å². The molecule has 1 amide bonds. The van der Waals surface area contributed by atoms with Crippen LogP contribution in [0.5, 0.6) is 0 Å². The quantitative estimate of drug-likeness (QED) is 0.726. The standard InChI is InChI=1S/C15H26N2O3S/c16-21(19,20)3-1-2-17-14(18)10-15-7-11-4-12(8-15)6-13(5-11)9-15/h11-13H,1-10H2,(H,17,18)(H2,16,19,20). The van der Waals surface area contributed by atoms with Crippen LogP contribution in [0.25, 0.3) is 0 Å². The molecule has 0 heterocycles. The highest BCUT2D eigenvalue weighted by atomic mass is 32.2. The van der Waals surface area contributed by atoms with Gasteiger partial charge in [-0.3, -0.25) is 4.79 Å². The number of carbonyl (C=O) groups excluding carboxylic acids is 1. The van der Waals surface area contributed by atoms with E-state index in [9.17, 15) is 13.2 Å². The summed E-state index contributed by atoms with van der Waals surface area (Å²) in [5, 5.41) is 7.82. The Labute approximate surface area is 127 Å². The molecule has 0 unspecified atom stereocenters. The van der Waals surface area contributed by atoms with Gasteiger partial charge < -0.3 is 5.32 Å². The average molecular weight is 314 g/mol. The summed E-state index contributed by atoms with van der Waals surface area (Å²) in [4.78, 5) is 12.2. The molecule has 0 aromatic rings. The molecule has 4 aliphatic carbocycles. The average Bonchev–Trinajstić information content (AvgIpc) is 2.31. The molecule has 0 aromatic heterocycles. The summed E-state index contributed by atoms with van der Waals surface area (Å²) in [7, 11) is -3.42. The smallest absolute Gasteiger partial charge is 0.220 e. The lowest BCUT2D eigenvalue weighted by molar-refractivity contribution is -0.129. The fourth-order valence-corrected chi connectivity index (χ4v) is 5.96. The van der Waals surface area contributed by atoms with Crippen LogP contribution in [0.3, 0.4) is 0 Å². The Bertz CT molecular complexity index is 480. The van der Waals surface area contributed by atoms with Crippen LogP contribution in [-0.2, 0) is 14.8 Å². The number of nitrogens with one attached hydrogen (secondary N) is 1. The van der Waals surface area contributed by atoms with E-state index < -0.39 is 10.0 Å². The van der Waals surface area contributed by atoms with Crippen molar-refractivity contribution in [3.05, 3.63) is 0 Å². The van der Waals surface area contributed by atoms with Crippen LogP contribution in [0.4, 0.5) is 0 Å². The van der Waals surface area contributed by atoms with Gasteiger partial charge in [0.2, 0.25) is 15.9 Å². The van der Waals surface area contributed by atoms with Gasteiger partial charge in [-0.15, -0.1) is 0 Å². The van der Waals surface area contributed by atoms with Crippen molar-refractivity contribution in [2.45, 2.75) is 51.4 Å². The number of primary sulfonamides is 1. The molecule has 0 radical (unpaired) electrons. The molecule has 120 valence electrons. The Morgan fingerprint density at radius 3 is 2.10 bits per heavy atom. The highest BCUT2D eigenvalue weighted by Crippen LogP contribution is 2.61. The molecule has 0 spiro atoms. The summed E-state index contributed by atoms with van der Waals surface area (Å²) < 4.78 is 21.7. The first-order valence-electron chi connectivity index (χ1n) is 8.11. The molecule has 6 heteroatoms. The van der Waals surface area contributed by atoms with E-state index in [-0.39, 0.29) is 17.1 Å². The molecule has 0 saturated heterocycles. The lowest BCUT2D eigenvalue weighted by atomic mass is 9.49. The van der Waals surface area contributed by atoms with E-state index in [4.69, 9.17) is 5.14 Å². The van der Waals surface area contributed by atoms with Crippen LogP contribution in [0, 0.1) is 23.2 Å². The van der Waals surface area contributed by atoms with E-state index >= 15 is 0 Å². The third-order valence-electron chi connectivity index (χ3n) is 5.63. The summed E-state index contributed by atoms with van der Waals surface area (Å²) >= 11 is 0. The van der Waals surface area contributed by atoms with Crippen molar-refractivity contribution in [2.75, 3.05) is 12.3 Å². The highest BCUT2D eigenvalue weighted by molar-refractivity contribution is 7.89. The lowest BCUT2D eigenvalue weighted by Crippen LogP contribution is -2.48. The van der Waals surface area contributed by atoms with E-state index in [0.717, 1.165) is 17.8 Å². The van der Waals surface area contributed by atoms with Crippen LogP contribution in [-0.4, -0.2) is 26.6 Å². The molecule has 4 fully saturated rings. The van der Waals surface area contributed by atoms with Crippen molar-refractivity contribution < 1.29 is 13.2 Å². The lowest BCUT2D eigenvalue weighted by Gasteiger charge is -2.56. The zero-order valence-electron chi connectivity index (χ0n) is 12.5. The summed E-state index contributed by atoms with van der Waals surface area (Å²) in [6.07, 6.45) is 8.85. The van der Waals surface area contributed by atoms with E-state index in [2.05, 4.69) is 5.32 Å². The summed E-state index contributed by atoms with van der Waals surface area (Å²) in [6, 6.07) is 0. The molecule has 0 aliphatic heterocycles. The topological polar surface area (TPSA) is 89.3 Å². The molecule has 4 bridgehead atoms. The minimum absolute atomic E-state index is 0.0648. The van der Waals surface area contributed by atoms with Crippen molar-refractivity contribution in [3.8, 4) is 0 Å². The second-order valence-electron chi connectivity index (χ2n) is 7.66. The summed E-state index contributed by atoms with van der Waals surface area (Å²) in [5.41, 5.74) is 0.249. The van der Waals surface area contributed by atoms with Crippen molar-refractivity contribution in [1.29, 1.82) is 0 Å².